The molecule has 2 rings (SSSR count). The van der Waals surface area contributed by atoms with E-state index in [0.717, 1.165) is 0 Å². The summed E-state index contributed by atoms with van der Waals surface area (Å²) in [6.07, 6.45) is -0.940. The highest BCUT2D eigenvalue weighted by Crippen LogP contribution is 2.29. The fraction of sp³-hybridized carbons (Fsp3) is 0.333. The predicted molar refractivity (Wildman–Crippen MR) is 105 cm³/mol. The molecular formula is C21H25NO6. The zero-order valence-corrected chi connectivity index (χ0v) is 16.6. The molecule has 0 fully saturated rings. The standard InChI is InChI=1S/C21H25NO6/c1-13(2)27-17-9-6-15(7-10-17)21(24)28-14(3)20(23)22-16-8-11-18(25-4)19(12-16)26-5/h6-14H,1-5H3,(H,22,23)/t14-/m1/s1. The topological polar surface area (TPSA) is 83.1 Å². The smallest absolute Gasteiger partial charge is 0.338 e. The van der Waals surface area contributed by atoms with Crippen LogP contribution < -0.4 is 19.5 Å². The van der Waals surface area contributed by atoms with E-state index in [9.17, 15) is 9.59 Å². The minimum atomic E-state index is -0.979. The fourth-order valence-electron chi connectivity index (χ4n) is 2.38. The summed E-state index contributed by atoms with van der Waals surface area (Å²) in [4.78, 5) is 24.6. The Morgan fingerprint density at radius 2 is 1.54 bits per heavy atom. The maximum atomic E-state index is 12.3. The number of benzene rings is 2. The van der Waals surface area contributed by atoms with Gasteiger partial charge in [0.2, 0.25) is 0 Å². The first-order valence-electron chi connectivity index (χ1n) is 8.84. The van der Waals surface area contributed by atoms with Crippen molar-refractivity contribution >= 4 is 17.6 Å². The Morgan fingerprint density at radius 1 is 0.893 bits per heavy atom. The number of hydrogen-bond donors (Lipinski definition) is 1. The van der Waals surface area contributed by atoms with Crippen molar-refractivity contribution in [1.29, 1.82) is 0 Å². The van der Waals surface area contributed by atoms with Crippen molar-refractivity contribution in [3.05, 3.63) is 48.0 Å². The Balaban J connectivity index is 1.97. The lowest BCUT2D eigenvalue weighted by Crippen LogP contribution is -2.30. The zero-order chi connectivity index (χ0) is 20.7. The molecule has 0 aromatic heterocycles. The van der Waals surface area contributed by atoms with E-state index in [1.54, 1.807) is 42.5 Å². The Bertz CT molecular complexity index is 816. The summed E-state index contributed by atoms with van der Waals surface area (Å²) in [5.74, 6) is 0.635. The lowest BCUT2D eigenvalue weighted by Gasteiger charge is -2.15. The molecule has 0 bridgehead atoms. The van der Waals surface area contributed by atoms with Crippen LogP contribution in [-0.2, 0) is 9.53 Å². The highest BCUT2D eigenvalue weighted by atomic mass is 16.5. The van der Waals surface area contributed by atoms with Crippen LogP contribution in [0, 0.1) is 0 Å². The average Bonchev–Trinajstić information content (AvgIpc) is 2.67. The molecule has 0 aliphatic carbocycles. The van der Waals surface area contributed by atoms with Gasteiger partial charge in [0.1, 0.15) is 5.75 Å². The molecule has 7 nitrogen and oxygen atoms in total. The molecule has 0 aliphatic heterocycles. The summed E-state index contributed by atoms with van der Waals surface area (Å²) in [5, 5.41) is 2.68. The maximum absolute atomic E-state index is 12.3. The molecule has 7 heteroatoms. The average molecular weight is 387 g/mol. The Kier molecular flexibility index (Phi) is 7.26. The maximum Gasteiger partial charge on any atom is 0.338 e. The van der Waals surface area contributed by atoms with Gasteiger partial charge in [0.15, 0.2) is 17.6 Å². The molecule has 0 saturated heterocycles. The van der Waals surface area contributed by atoms with E-state index >= 15 is 0 Å². The minimum absolute atomic E-state index is 0.0399. The number of rotatable bonds is 8. The van der Waals surface area contributed by atoms with E-state index in [2.05, 4.69) is 5.32 Å². The third-order valence-electron chi connectivity index (χ3n) is 3.77. The number of esters is 1. The first kappa shape index (κ1) is 21.1. The number of carbonyl (C=O) groups excluding carboxylic acids is 2. The minimum Gasteiger partial charge on any atom is -0.493 e. The van der Waals surface area contributed by atoms with Gasteiger partial charge in [0, 0.05) is 11.8 Å². The van der Waals surface area contributed by atoms with Gasteiger partial charge >= 0.3 is 5.97 Å². The zero-order valence-electron chi connectivity index (χ0n) is 16.6. The molecule has 2 aromatic rings. The summed E-state index contributed by atoms with van der Waals surface area (Å²) >= 11 is 0. The molecule has 150 valence electrons. The number of anilines is 1. The number of amides is 1. The van der Waals surface area contributed by atoms with Gasteiger partial charge in [0.25, 0.3) is 5.91 Å². The molecule has 0 spiro atoms. The molecule has 1 N–H and O–H groups in total. The van der Waals surface area contributed by atoms with Crippen LogP contribution in [-0.4, -0.2) is 38.3 Å². The van der Waals surface area contributed by atoms with Crippen LogP contribution in [0.3, 0.4) is 0 Å². The number of carbonyl (C=O) groups is 2. The lowest BCUT2D eigenvalue weighted by atomic mass is 10.2. The van der Waals surface area contributed by atoms with Crippen molar-refractivity contribution in [2.75, 3.05) is 19.5 Å². The van der Waals surface area contributed by atoms with Crippen molar-refractivity contribution in [1.82, 2.24) is 0 Å². The van der Waals surface area contributed by atoms with Crippen LogP contribution >= 0.6 is 0 Å². The highest BCUT2D eigenvalue weighted by Gasteiger charge is 2.19. The molecular weight excluding hydrogens is 362 g/mol. The fourth-order valence-corrected chi connectivity index (χ4v) is 2.38. The number of nitrogens with one attached hydrogen (secondary N) is 1. The van der Waals surface area contributed by atoms with E-state index in [1.807, 2.05) is 13.8 Å². The second-order valence-corrected chi connectivity index (χ2v) is 6.30. The molecule has 28 heavy (non-hydrogen) atoms. The van der Waals surface area contributed by atoms with Crippen LogP contribution in [0.1, 0.15) is 31.1 Å². The van der Waals surface area contributed by atoms with Gasteiger partial charge in [-0.15, -0.1) is 0 Å². The quantitative estimate of drug-likeness (QED) is 0.696. The molecule has 0 heterocycles. The molecule has 1 atom stereocenters. The van der Waals surface area contributed by atoms with Crippen LogP contribution in [0.4, 0.5) is 5.69 Å². The van der Waals surface area contributed by atoms with E-state index in [4.69, 9.17) is 18.9 Å². The molecule has 0 saturated carbocycles. The summed E-state index contributed by atoms with van der Waals surface area (Å²) in [5.41, 5.74) is 0.836. The van der Waals surface area contributed by atoms with Crippen molar-refractivity contribution in [3.63, 3.8) is 0 Å². The van der Waals surface area contributed by atoms with E-state index in [-0.39, 0.29) is 6.10 Å². The normalized spacial score (nSPS) is 11.5. The molecule has 0 unspecified atom stereocenters. The van der Waals surface area contributed by atoms with Gasteiger partial charge in [-0.2, -0.15) is 0 Å². The summed E-state index contributed by atoms with van der Waals surface area (Å²) in [6, 6.07) is 11.5. The van der Waals surface area contributed by atoms with E-state index in [1.165, 1.54) is 21.1 Å². The highest BCUT2D eigenvalue weighted by molar-refractivity contribution is 5.97. The predicted octanol–water partition coefficient (Wildman–Crippen LogP) is 3.68. The lowest BCUT2D eigenvalue weighted by molar-refractivity contribution is -0.123. The van der Waals surface area contributed by atoms with Crippen molar-refractivity contribution in [2.24, 2.45) is 0 Å². The van der Waals surface area contributed by atoms with Gasteiger partial charge in [-0.25, -0.2) is 4.79 Å². The second kappa shape index (κ2) is 9.64. The molecule has 0 radical (unpaired) electrons. The van der Waals surface area contributed by atoms with Crippen LogP contribution in [0.15, 0.2) is 42.5 Å². The number of methoxy groups -OCH3 is 2. The Hall–Kier alpha value is -3.22. The third kappa shape index (κ3) is 5.64. The summed E-state index contributed by atoms with van der Waals surface area (Å²) in [6.45, 7) is 5.34. The Morgan fingerprint density at radius 3 is 2.11 bits per heavy atom. The molecule has 0 aliphatic rings. The molecule has 2 aromatic carbocycles. The van der Waals surface area contributed by atoms with Crippen LogP contribution in [0.2, 0.25) is 0 Å². The van der Waals surface area contributed by atoms with E-state index < -0.39 is 18.0 Å². The van der Waals surface area contributed by atoms with Gasteiger partial charge in [0.05, 0.1) is 25.9 Å². The summed E-state index contributed by atoms with van der Waals surface area (Å²) < 4.78 is 21.1. The van der Waals surface area contributed by atoms with Crippen LogP contribution in [0.25, 0.3) is 0 Å². The Labute approximate surface area is 164 Å². The third-order valence-corrected chi connectivity index (χ3v) is 3.77. The summed E-state index contributed by atoms with van der Waals surface area (Å²) in [7, 11) is 3.03. The number of hydrogen-bond acceptors (Lipinski definition) is 6. The van der Waals surface area contributed by atoms with Gasteiger partial charge in [-0.05, 0) is 57.2 Å². The molecule has 1 amide bonds. The van der Waals surface area contributed by atoms with Gasteiger partial charge < -0.3 is 24.3 Å². The first-order valence-corrected chi connectivity index (χ1v) is 8.84. The second-order valence-electron chi connectivity index (χ2n) is 6.30. The van der Waals surface area contributed by atoms with Crippen LogP contribution in [0.5, 0.6) is 17.2 Å². The van der Waals surface area contributed by atoms with Crippen molar-refractivity contribution < 1.29 is 28.5 Å². The largest absolute Gasteiger partial charge is 0.493 e. The van der Waals surface area contributed by atoms with Crippen molar-refractivity contribution in [3.8, 4) is 17.2 Å². The number of ether oxygens (including phenoxy) is 4. The van der Waals surface area contributed by atoms with Gasteiger partial charge in [-0.3, -0.25) is 4.79 Å². The monoisotopic (exact) mass is 387 g/mol. The van der Waals surface area contributed by atoms with E-state index in [0.29, 0.717) is 28.5 Å². The van der Waals surface area contributed by atoms with Crippen molar-refractivity contribution in [2.45, 2.75) is 33.0 Å². The van der Waals surface area contributed by atoms with Gasteiger partial charge in [-0.1, -0.05) is 0 Å². The SMILES string of the molecule is COc1ccc(NC(=O)[C@@H](C)OC(=O)c2ccc(OC(C)C)cc2)cc1OC. The first-order chi connectivity index (χ1) is 13.3.